The van der Waals surface area contributed by atoms with Crippen molar-refractivity contribution in [2.75, 3.05) is 11.9 Å². The number of carbonyl (C=O) groups excluding carboxylic acids is 5. The van der Waals surface area contributed by atoms with Crippen molar-refractivity contribution < 1.29 is 28.7 Å². The fourth-order valence-electron chi connectivity index (χ4n) is 6.65. The molecule has 302 valence electrons. The van der Waals surface area contributed by atoms with Gasteiger partial charge in [0.15, 0.2) is 5.82 Å². The van der Waals surface area contributed by atoms with Gasteiger partial charge in [0.2, 0.25) is 23.5 Å². The molecule has 6 rings (SSSR count). The molecular formula is C40H55N9O6S. The van der Waals surface area contributed by atoms with Gasteiger partial charge in [0.05, 0.1) is 18.1 Å². The van der Waals surface area contributed by atoms with Crippen molar-refractivity contribution in [1.82, 2.24) is 41.1 Å². The standard InChI is InChI=1S/C40H55N9O6S/c1-21(2)41-29-11-9-10-26(43-29)33-44-25-16-17-56-31(25)36(47-33)55-24-19-28(34(51)45-27(18-22-12-13-22)30(50)35(52)42-23-14-15-23)49(20-24)37(53)32(39(3,4)5)46-38(54)48-40(6,7)8/h9-11,16-17,21-24,27-28,32H,12-15,18-20H2,1-8H3,(H,41,43)(H,42,52)(H,45,51)(H2,46,48,54)/t24-,27+,28+,32-/m1/s1. The van der Waals surface area contributed by atoms with Gasteiger partial charge in [-0.05, 0) is 88.8 Å². The van der Waals surface area contributed by atoms with E-state index in [0.29, 0.717) is 34.0 Å². The molecule has 3 fully saturated rings. The van der Waals surface area contributed by atoms with Crippen molar-refractivity contribution in [3.05, 3.63) is 29.6 Å². The average molecular weight is 790 g/mol. The van der Waals surface area contributed by atoms with E-state index < -0.39 is 64.7 Å². The topological polar surface area (TPSA) is 197 Å². The number of likely N-dealkylation sites (tertiary alicyclic amines) is 1. The third-order valence-corrected chi connectivity index (χ3v) is 10.6. The van der Waals surface area contributed by atoms with E-state index >= 15 is 0 Å². The highest BCUT2D eigenvalue weighted by molar-refractivity contribution is 7.17. The van der Waals surface area contributed by atoms with Crippen molar-refractivity contribution in [3.8, 4) is 17.4 Å². The third kappa shape index (κ3) is 10.5. The van der Waals surface area contributed by atoms with Crippen LogP contribution in [-0.4, -0.2) is 97.8 Å². The largest absolute Gasteiger partial charge is 0.471 e. The maximum absolute atomic E-state index is 14.6. The van der Waals surface area contributed by atoms with Crippen molar-refractivity contribution in [2.24, 2.45) is 11.3 Å². The highest BCUT2D eigenvalue weighted by Gasteiger charge is 2.47. The number of ether oxygens (including phenoxy) is 1. The summed E-state index contributed by atoms with van der Waals surface area (Å²) in [5.74, 6) is -0.908. The summed E-state index contributed by atoms with van der Waals surface area (Å²) in [6.45, 7) is 15.1. The second kappa shape index (κ2) is 16.3. The second-order valence-electron chi connectivity index (χ2n) is 17.7. The smallest absolute Gasteiger partial charge is 0.315 e. The Balaban J connectivity index is 1.30. The van der Waals surface area contributed by atoms with Gasteiger partial charge in [-0.15, -0.1) is 11.3 Å². The van der Waals surface area contributed by atoms with Gasteiger partial charge in [-0.3, -0.25) is 19.2 Å². The normalized spacial score (nSPS) is 19.6. The van der Waals surface area contributed by atoms with Gasteiger partial charge < -0.3 is 36.2 Å². The minimum Gasteiger partial charge on any atom is -0.471 e. The molecule has 0 bridgehead atoms. The fraction of sp³-hybridized carbons (Fsp3) is 0.600. The van der Waals surface area contributed by atoms with Crippen LogP contribution in [0.15, 0.2) is 29.6 Å². The quantitative estimate of drug-likeness (QED) is 0.144. The molecule has 5 N–H and O–H groups in total. The monoisotopic (exact) mass is 789 g/mol. The zero-order valence-electron chi connectivity index (χ0n) is 33.5. The van der Waals surface area contributed by atoms with Gasteiger partial charge >= 0.3 is 6.03 Å². The molecule has 16 heteroatoms. The number of nitrogens with zero attached hydrogens (tertiary/aromatic N) is 4. The van der Waals surface area contributed by atoms with E-state index in [0.717, 1.165) is 25.7 Å². The van der Waals surface area contributed by atoms with Crippen molar-refractivity contribution in [2.45, 2.75) is 136 Å². The summed E-state index contributed by atoms with van der Waals surface area (Å²) < 4.78 is 7.30. The van der Waals surface area contributed by atoms with Crippen LogP contribution in [0.1, 0.15) is 93.9 Å². The maximum Gasteiger partial charge on any atom is 0.315 e. The van der Waals surface area contributed by atoms with Crippen LogP contribution in [0.3, 0.4) is 0 Å². The van der Waals surface area contributed by atoms with E-state index in [1.807, 2.05) is 85.0 Å². The lowest BCUT2D eigenvalue weighted by molar-refractivity contribution is -0.144. The molecule has 3 aromatic heterocycles. The molecule has 4 heterocycles. The average Bonchev–Trinajstić information content (AvgIpc) is 4.01. The number of hydrogen-bond acceptors (Lipinski definition) is 11. The summed E-state index contributed by atoms with van der Waals surface area (Å²) in [5.41, 5.74) is -0.121. The first-order valence-electron chi connectivity index (χ1n) is 19.5. The molecule has 3 aromatic rings. The molecule has 2 saturated carbocycles. The lowest BCUT2D eigenvalue weighted by Crippen LogP contribution is -2.61. The Morgan fingerprint density at radius 2 is 1.68 bits per heavy atom. The van der Waals surface area contributed by atoms with Gasteiger partial charge in [0.1, 0.15) is 34.4 Å². The summed E-state index contributed by atoms with van der Waals surface area (Å²) in [5, 5.41) is 16.5. The molecule has 5 amide bonds. The molecule has 0 radical (unpaired) electrons. The van der Waals surface area contributed by atoms with Crippen LogP contribution in [0.5, 0.6) is 5.88 Å². The van der Waals surface area contributed by atoms with Gasteiger partial charge in [-0.2, -0.15) is 4.98 Å². The molecule has 1 saturated heterocycles. The zero-order valence-corrected chi connectivity index (χ0v) is 34.3. The molecule has 1 aliphatic heterocycles. The number of aromatic nitrogens is 3. The molecule has 3 aliphatic rings. The van der Waals surface area contributed by atoms with Crippen LogP contribution in [0.4, 0.5) is 10.6 Å². The summed E-state index contributed by atoms with van der Waals surface area (Å²) in [4.78, 5) is 84.2. The maximum atomic E-state index is 14.6. The molecule has 0 aromatic carbocycles. The number of carbonyl (C=O) groups is 5. The molecule has 4 atom stereocenters. The number of ketones is 1. The first-order chi connectivity index (χ1) is 26.3. The minimum absolute atomic E-state index is 0.00623. The highest BCUT2D eigenvalue weighted by atomic mass is 32.1. The number of amides is 5. The number of Topliss-reactive ketones (excluding diaryl/α,β-unsaturated/α-hetero) is 1. The lowest BCUT2D eigenvalue weighted by atomic mass is 9.85. The number of hydrogen-bond donors (Lipinski definition) is 5. The summed E-state index contributed by atoms with van der Waals surface area (Å²) >= 11 is 1.41. The Morgan fingerprint density at radius 1 is 0.946 bits per heavy atom. The number of anilines is 1. The van der Waals surface area contributed by atoms with E-state index in [-0.39, 0.29) is 36.8 Å². The van der Waals surface area contributed by atoms with Gasteiger partial charge in [-0.25, -0.2) is 14.8 Å². The molecule has 15 nitrogen and oxygen atoms in total. The number of nitrogens with one attached hydrogen (secondary N) is 5. The summed E-state index contributed by atoms with van der Waals surface area (Å²) in [7, 11) is 0. The number of thiophene rings is 1. The van der Waals surface area contributed by atoms with E-state index in [1.54, 1.807) is 0 Å². The molecular weight excluding hydrogens is 735 g/mol. The Labute approximate surface area is 331 Å². The predicted molar refractivity (Wildman–Crippen MR) is 214 cm³/mol. The number of rotatable bonds is 14. The number of pyridine rings is 1. The first kappa shape index (κ1) is 40.8. The predicted octanol–water partition coefficient (Wildman–Crippen LogP) is 4.57. The van der Waals surface area contributed by atoms with Crippen LogP contribution in [0.25, 0.3) is 21.7 Å². The number of fused-ring (bicyclic) bond motifs is 1. The molecule has 0 unspecified atom stereocenters. The fourth-order valence-corrected chi connectivity index (χ4v) is 7.41. The highest BCUT2D eigenvalue weighted by Crippen LogP contribution is 2.36. The zero-order chi connectivity index (χ0) is 40.5. The Morgan fingerprint density at radius 3 is 2.32 bits per heavy atom. The van der Waals surface area contributed by atoms with E-state index in [1.165, 1.54) is 16.2 Å². The van der Waals surface area contributed by atoms with Crippen molar-refractivity contribution >= 4 is 56.9 Å². The second-order valence-corrected chi connectivity index (χ2v) is 18.6. The van der Waals surface area contributed by atoms with Gasteiger partial charge in [0.25, 0.3) is 5.91 Å². The minimum atomic E-state index is -1.08. The number of urea groups is 1. The Kier molecular flexibility index (Phi) is 11.9. The third-order valence-electron chi connectivity index (χ3n) is 9.73. The SMILES string of the molecule is CC(C)Nc1cccc(-c2nc(O[C@@H]3C[C@@H](C(=O)N[C@@H](CC4CC4)C(=O)C(=O)NC4CC4)N(C(=O)[C@@H](NC(=O)NC(C)(C)C)C(C)(C)C)C3)c3sccc3n2)n1. The lowest BCUT2D eigenvalue weighted by Gasteiger charge is -2.36. The summed E-state index contributed by atoms with van der Waals surface area (Å²) in [6.07, 6.45) is 3.17. The van der Waals surface area contributed by atoms with Crippen LogP contribution in [0.2, 0.25) is 0 Å². The van der Waals surface area contributed by atoms with Crippen molar-refractivity contribution in [1.29, 1.82) is 0 Å². The van der Waals surface area contributed by atoms with E-state index in [2.05, 4.69) is 26.6 Å². The van der Waals surface area contributed by atoms with E-state index in [9.17, 15) is 24.0 Å². The molecule has 0 spiro atoms. The first-order valence-corrected chi connectivity index (χ1v) is 20.4. The summed E-state index contributed by atoms with van der Waals surface area (Å²) in [6, 6.07) is 3.91. The van der Waals surface area contributed by atoms with Crippen molar-refractivity contribution in [3.63, 3.8) is 0 Å². The van der Waals surface area contributed by atoms with Crippen LogP contribution in [-0.2, 0) is 19.2 Å². The van der Waals surface area contributed by atoms with Crippen LogP contribution < -0.4 is 31.3 Å². The Hall–Kier alpha value is -4.86. The van der Waals surface area contributed by atoms with Crippen LogP contribution >= 0.6 is 11.3 Å². The molecule has 56 heavy (non-hydrogen) atoms. The van der Waals surface area contributed by atoms with Gasteiger partial charge in [-0.1, -0.05) is 39.7 Å². The van der Waals surface area contributed by atoms with Crippen LogP contribution in [0, 0.1) is 11.3 Å². The van der Waals surface area contributed by atoms with E-state index in [4.69, 9.17) is 19.7 Å². The Bertz CT molecular complexity index is 1960. The molecule has 2 aliphatic carbocycles. The van der Waals surface area contributed by atoms with Gasteiger partial charge in [0, 0.05) is 24.0 Å².